The average Bonchev–Trinajstić information content (AvgIpc) is 2.68. The SMILES string of the molecule is CCC1NCCc2c1[nH]c1cccc(C)c21. The first kappa shape index (κ1) is 9.91. The number of aryl methyl sites for hydroxylation is 1. The molecule has 0 aliphatic carbocycles. The molecular weight excluding hydrogens is 196 g/mol. The second kappa shape index (κ2) is 3.63. The van der Waals surface area contributed by atoms with Gasteiger partial charge in [0.05, 0.1) is 0 Å². The van der Waals surface area contributed by atoms with E-state index in [1.165, 1.54) is 22.2 Å². The molecule has 2 N–H and O–H groups in total. The lowest BCUT2D eigenvalue weighted by molar-refractivity contribution is 0.485. The monoisotopic (exact) mass is 214 g/mol. The minimum atomic E-state index is 0.510. The van der Waals surface area contributed by atoms with E-state index in [9.17, 15) is 0 Å². The third-order valence-corrected chi connectivity index (χ3v) is 3.69. The van der Waals surface area contributed by atoms with Crippen molar-refractivity contribution in [1.29, 1.82) is 0 Å². The van der Waals surface area contributed by atoms with E-state index in [0.29, 0.717) is 6.04 Å². The van der Waals surface area contributed by atoms with Crippen LogP contribution in [0.4, 0.5) is 0 Å². The summed E-state index contributed by atoms with van der Waals surface area (Å²) in [5.41, 5.74) is 5.65. The van der Waals surface area contributed by atoms with Gasteiger partial charge in [0.2, 0.25) is 0 Å². The van der Waals surface area contributed by atoms with E-state index in [4.69, 9.17) is 0 Å². The Balaban J connectivity index is 2.29. The number of aromatic amines is 1. The highest BCUT2D eigenvalue weighted by Crippen LogP contribution is 2.32. The summed E-state index contributed by atoms with van der Waals surface area (Å²) in [6.07, 6.45) is 2.30. The number of rotatable bonds is 1. The van der Waals surface area contributed by atoms with Gasteiger partial charge in [0.15, 0.2) is 0 Å². The average molecular weight is 214 g/mol. The first-order chi connectivity index (χ1) is 7.81. The number of hydrogen-bond acceptors (Lipinski definition) is 1. The van der Waals surface area contributed by atoms with Crippen molar-refractivity contribution >= 4 is 10.9 Å². The molecule has 1 aliphatic heterocycles. The van der Waals surface area contributed by atoms with Crippen molar-refractivity contribution < 1.29 is 0 Å². The highest BCUT2D eigenvalue weighted by molar-refractivity contribution is 5.88. The standard InChI is InChI=1S/C14H18N2/c1-3-11-14-10(7-8-15-11)13-9(2)5-4-6-12(13)16-14/h4-6,11,15-16H,3,7-8H2,1-2H3. The Morgan fingerprint density at radius 1 is 1.38 bits per heavy atom. The van der Waals surface area contributed by atoms with Crippen molar-refractivity contribution in [2.24, 2.45) is 0 Å². The molecule has 2 aromatic rings. The van der Waals surface area contributed by atoms with Crippen molar-refractivity contribution in [2.45, 2.75) is 32.7 Å². The van der Waals surface area contributed by atoms with Gasteiger partial charge in [0.1, 0.15) is 0 Å². The molecule has 1 aromatic heterocycles. The van der Waals surface area contributed by atoms with E-state index < -0.39 is 0 Å². The summed E-state index contributed by atoms with van der Waals surface area (Å²) < 4.78 is 0. The van der Waals surface area contributed by atoms with Crippen molar-refractivity contribution in [3.8, 4) is 0 Å². The molecule has 2 heteroatoms. The fraction of sp³-hybridized carbons (Fsp3) is 0.429. The molecule has 0 amide bonds. The van der Waals surface area contributed by atoms with E-state index in [1.807, 2.05) is 0 Å². The zero-order valence-corrected chi connectivity index (χ0v) is 9.93. The largest absolute Gasteiger partial charge is 0.357 e. The van der Waals surface area contributed by atoms with Gasteiger partial charge in [-0.25, -0.2) is 0 Å². The Morgan fingerprint density at radius 3 is 3.06 bits per heavy atom. The van der Waals surface area contributed by atoms with Gasteiger partial charge in [-0.1, -0.05) is 19.1 Å². The zero-order valence-electron chi connectivity index (χ0n) is 9.93. The summed E-state index contributed by atoms with van der Waals surface area (Å²) in [5.74, 6) is 0. The first-order valence-corrected chi connectivity index (χ1v) is 6.14. The van der Waals surface area contributed by atoms with Gasteiger partial charge in [0, 0.05) is 22.6 Å². The minimum Gasteiger partial charge on any atom is -0.357 e. The quantitative estimate of drug-likeness (QED) is 0.750. The molecule has 1 unspecified atom stereocenters. The molecule has 1 aromatic carbocycles. The van der Waals surface area contributed by atoms with Gasteiger partial charge in [-0.15, -0.1) is 0 Å². The van der Waals surface area contributed by atoms with Gasteiger partial charge >= 0.3 is 0 Å². The van der Waals surface area contributed by atoms with Gasteiger partial charge in [-0.2, -0.15) is 0 Å². The van der Waals surface area contributed by atoms with Crippen molar-refractivity contribution in [1.82, 2.24) is 10.3 Å². The Kier molecular flexibility index (Phi) is 2.25. The highest BCUT2D eigenvalue weighted by atomic mass is 15.0. The van der Waals surface area contributed by atoms with Crippen molar-refractivity contribution in [3.05, 3.63) is 35.0 Å². The van der Waals surface area contributed by atoms with E-state index in [-0.39, 0.29) is 0 Å². The number of hydrogen-bond donors (Lipinski definition) is 2. The van der Waals surface area contributed by atoms with Gasteiger partial charge in [-0.05, 0) is 43.5 Å². The summed E-state index contributed by atoms with van der Waals surface area (Å²) in [5, 5.41) is 5.03. The maximum Gasteiger partial charge on any atom is 0.0473 e. The molecule has 0 spiro atoms. The molecule has 0 saturated carbocycles. The van der Waals surface area contributed by atoms with Crippen LogP contribution in [0.15, 0.2) is 18.2 Å². The topological polar surface area (TPSA) is 27.8 Å². The van der Waals surface area contributed by atoms with Crippen molar-refractivity contribution in [2.75, 3.05) is 6.54 Å². The fourth-order valence-electron chi connectivity index (χ4n) is 2.91. The Bertz CT molecular complexity index is 525. The number of nitrogens with one attached hydrogen (secondary N) is 2. The molecule has 0 fully saturated rings. The van der Waals surface area contributed by atoms with Crippen LogP contribution >= 0.6 is 0 Å². The number of fused-ring (bicyclic) bond motifs is 3. The predicted molar refractivity (Wildman–Crippen MR) is 67.8 cm³/mol. The Hall–Kier alpha value is -1.28. The van der Waals surface area contributed by atoms with Gasteiger partial charge in [0.25, 0.3) is 0 Å². The number of aromatic nitrogens is 1. The third kappa shape index (κ3) is 1.30. The maximum absolute atomic E-state index is 3.60. The molecule has 2 nitrogen and oxygen atoms in total. The van der Waals surface area contributed by atoms with E-state index in [2.05, 4.69) is 42.3 Å². The second-order valence-electron chi connectivity index (χ2n) is 4.68. The van der Waals surface area contributed by atoms with E-state index in [1.54, 1.807) is 5.56 Å². The zero-order chi connectivity index (χ0) is 11.1. The third-order valence-electron chi connectivity index (χ3n) is 3.69. The first-order valence-electron chi connectivity index (χ1n) is 6.14. The molecular formula is C14H18N2. The van der Waals surface area contributed by atoms with Crippen LogP contribution in [-0.2, 0) is 6.42 Å². The highest BCUT2D eigenvalue weighted by Gasteiger charge is 2.22. The van der Waals surface area contributed by atoms with Crippen LogP contribution in [0.5, 0.6) is 0 Å². The van der Waals surface area contributed by atoms with E-state index in [0.717, 1.165) is 19.4 Å². The normalized spacial score (nSPS) is 20.0. The van der Waals surface area contributed by atoms with Crippen molar-refractivity contribution in [3.63, 3.8) is 0 Å². The van der Waals surface area contributed by atoms with Crippen LogP contribution in [0.1, 0.15) is 36.2 Å². The lowest BCUT2D eigenvalue weighted by Crippen LogP contribution is -2.29. The molecule has 1 aliphatic rings. The van der Waals surface area contributed by atoms with Crippen LogP contribution in [-0.4, -0.2) is 11.5 Å². The fourth-order valence-corrected chi connectivity index (χ4v) is 2.91. The van der Waals surface area contributed by atoms with E-state index >= 15 is 0 Å². The number of benzene rings is 1. The minimum absolute atomic E-state index is 0.510. The summed E-state index contributed by atoms with van der Waals surface area (Å²) in [6, 6.07) is 7.04. The van der Waals surface area contributed by atoms with Crippen LogP contribution in [0, 0.1) is 6.92 Å². The Labute approximate surface area is 96.1 Å². The molecule has 0 bridgehead atoms. The summed E-state index contributed by atoms with van der Waals surface area (Å²) in [6.45, 7) is 5.55. The van der Waals surface area contributed by atoms with Crippen LogP contribution in [0.25, 0.3) is 10.9 Å². The molecule has 0 saturated heterocycles. The molecule has 3 rings (SSSR count). The number of H-pyrrole nitrogens is 1. The predicted octanol–water partition coefficient (Wildman–Crippen LogP) is 3.07. The van der Waals surface area contributed by atoms with Crippen LogP contribution in [0.3, 0.4) is 0 Å². The lowest BCUT2D eigenvalue weighted by atomic mass is 9.96. The molecule has 16 heavy (non-hydrogen) atoms. The summed E-state index contributed by atoms with van der Waals surface area (Å²) in [4.78, 5) is 3.60. The summed E-state index contributed by atoms with van der Waals surface area (Å²) in [7, 11) is 0. The van der Waals surface area contributed by atoms with Gasteiger partial charge in [-0.3, -0.25) is 0 Å². The second-order valence-corrected chi connectivity index (χ2v) is 4.68. The molecule has 1 atom stereocenters. The Morgan fingerprint density at radius 2 is 2.25 bits per heavy atom. The molecule has 84 valence electrons. The molecule has 0 radical (unpaired) electrons. The molecule has 2 heterocycles. The summed E-state index contributed by atoms with van der Waals surface area (Å²) >= 11 is 0. The van der Waals surface area contributed by atoms with Crippen LogP contribution in [0.2, 0.25) is 0 Å². The van der Waals surface area contributed by atoms with Gasteiger partial charge < -0.3 is 10.3 Å². The maximum atomic E-state index is 3.60. The van der Waals surface area contributed by atoms with Crippen LogP contribution < -0.4 is 5.32 Å². The smallest absolute Gasteiger partial charge is 0.0473 e. The lowest BCUT2D eigenvalue weighted by Gasteiger charge is -2.23.